The molecule has 0 aromatic carbocycles. The summed E-state index contributed by atoms with van der Waals surface area (Å²) >= 11 is 0. The highest BCUT2D eigenvalue weighted by atomic mass is 16.6. The molecule has 2 bridgehead atoms. The van der Waals surface area contributed by atoms with E-state index in [1.54, 1.807) is 0 Å². The number of esters is 2. The van der Waals surface area contributed by atoms with Crippen LogP contribution in [0.3, 0.4) is 0 Å². The minimum absolute atomic E-state index is 0.189. The minimum Gasteiger partial charge on any atom is -0.393 e. The van der Waals surface area contributed by atoms with Crippen LogP contribution in [0, 0.1) is 23.7 Å². The van der Waals surface area contributed by atoms with E-state index in [-0.39, 0.29) is 35.6 Å². The fourth-order valence-electron chi connectivity index (χ4n) is 3.46. The van der Waals surface area contributed by atoms with Crippen molar-refractivity contribution in [3.05, 3.63) is 23.8 Å². The fourth-order valence-corrected chi connectivity index (χ4v) is 3.46. The van der Waals surface area contributed by atoms with Crippen molar-refractivity contribution in [2.45, 2.75) is 19.8 Å². The summed E-state index contributed by atoms with van der Waals surface area (Å²) in [6.45, 7) is 5.89. The third-order valence-corrected chi connectivity index (χ3v) is 3.96. The highest BCUT2D eigenvalue weighted by Crippen LogP contribution is 2.55. The second-order valence-electron chi connectivity index (χ2n) is 5.17. The standard InChI is InChI=1S/C13H14O3/c1-6(2)3-7-4-8-5-9(7)11-10(8)12(14)16-13(11)15/h4,8-11H,1,3,5H2,2H3. The monoisotopic (exact) mass is 218 g/mol. The summed E-state index contributed by atoms with van der Waals surface area (Å²) in [6.07, 6.45) is 3.96. The van der Waals surface area contributed by atoms with Crippen LogP contribution in [-0.2, 0) is 14.3 Å². The molecular weight excluding hydrogens is 204 g/mol. The highest BCUT2D eigenvalue weighted by molar-refractivity contribution is 5.98. The third kappa shape index (κ3) is 1.14. The van der Waals surface area contributed by atoms with E-state index in [1.165, 1.54) is 5.57 Å². The van der Waals surface area contributed by atoms with Crippen LogP contribution < -0.4 is 0 Å². The topological polar surface area (TPSA) is 43.4 Å². The first-order chi connectivity index (χ1) is 7.58. The van der Waals surface area contributed by atoms with Gasteiger partial charge in [-0.1, -0.05) is 23.8 Å². The Hall–Kier alpha value is -1.38. The lowest BCUT2D eigenvalue weighted by Gasteiger charge is -2.20. The maximum Gasteiger partial charge on any atom is 0.318 e. The Labute approximate surface area is 94.2 Å². The summed E-state index contributed by atoms with van der Waals surface area (Å²) in [6, 6.07) is 0. The van der Waals surface area contributed by atoms with E-state index in [0.717, 1.165) is 18.4 Å². The second-order valence-corrected chi connectivity index (χ2v) is 5.17. The molecule has 16 heavy (non-hydrogen) atoms. The van der Waals surface area contributed by atoms with E-state index >= 15 is 0 Å². The average Bonchev–Trinajstić information content (AvgIpc) is 2.78. The molecule has 84 valence electrons. The first-order valence-corrected chi connectivity index (χ1v) is 5.68. The number of carbonyl (C=O) groups excluding carboxylic acids is 2. The van der Waals surface area contributed by atoms with Crippen LogP contribution in [-0.4, -0.2) is 11.9 Å². The van der Waals surface area contributed by atoms with E-state index < -0.39 is 0 Å². The number of ether oxygens (including phenoxy) is 1. The largest absolute Gasteiger partial charge is 0.393 e. The lowest BCUT2D eigenvalue weighted by molar-refractivity contribution is -0.154. The molecule has 1 heterocycles. The van der Waals surface area contributed by atoms with Crippen LogP contribution in [0.15, 0.2) is 23.8 Å². The van der Waals surface area contributed by atoms with Gasteiger partial charge in [0, 0.05) is 0 Å². The molecule has 1 aliphatic heterocycles. The highest BCUT2D eigenvalue weighted by Gasteiger charge is 2.59. The van der Waals surface area contributed by atoms with Crippen LogP contribution in [0.1, 0.15) is 19.8 Å². The van der Waals surface area contributed by atoms with Gasteiger partial charge in [0.25, 0.3) is 0 Å². The van der Waals surface area contributed by atoms with E-state index in [4.69, 9.17) is 4.74 Å². The average molecular weight is 218 g/mol. The van der Waals surface area contributed by atoms with Crippen molar-refractivity contribution in [2.24, 2.45) is 23.7 Å². The molecule has 3 heteroatoms. The van der Waals surface area contributed by atoms with E-state index in [0.29, 0.717) is 0 Å². The molecule has 0 amide bonds. The molecule has 2 fully saturated rings. The number of hydrogen-bond donors (Lipinski definition) is 0. The van der Waals surface area contributed by atoms with Gasteiger partial charge in [0.2, 0.25) is 0 Å². The van der Waals surface area contributed by atoms with Crippen molar-refractivity contribution in [3.63, 3.8) is 0 Å². The molecule has 0 N–H and O–H groups in total. The zero-order valence-electron chi connectivity index (χ0n) is 9.23. The van der Waals surface area contributed by atoms with Gasteiger partial charge in [-0.05, 0) is 31.6 Å². The molecule has 0 aromatic heterocycles. The predicted octanol–water partition coefficient (Wildman–Crippen LogP) is 1.84. The number of hydrogen-bond acceptors (Lipinski definition) is 3. The first kappa shape index (κ1) is 9.82. The molecule has 1 saturated carbocycles. The molecule has 0 spiro atoms. The van der Waals surface area contributed by atoms with Gasteiger partial charge in [-0.15, -0.1) is 0 Å². The first-order valence-electron chi connectivity index (χ1n) is 5.68. The number of allylic oxidation sites excluding steroid dienone is 3. The smallest absolute Gasteiger partial charge is 0.318 e. The molecule has 4 atom stereocenters. The van der Waals surface area contributed by atoms with Gasteiger partial charge >= 0.3 is 11.9 Å². The van der Waals surface area contributed by atoms with Crippen LogP contribution in [0.2, 0.25) is 0 Å². The fraction of sp³-hybridized carbons (Fsp3) is 0.538. The van der Waals surface area contributed by atoms with Crippen LogP contribution >= 0.6 is 0 Å². The lowest BCUT2D eigenvalue weighted by atomic mass is 9.79. The van der Waals surface area contributed by atoms with Crippen molar-refractivity contribution in [1.82, 2.24) is 0 Å². The van der Waals surface area contributed by atoms with Gasteiger partial charge in [-0.2, -0.15) is 0 Å². The molecule has 0 radical (unpaired) electrons. The van der Waals surface area contributed by atoms with Gasteiger partial charge in [-0.3, -0.25) is 9.59 Å². The van der Waals surface area contributed by atoms with Gasteiger partial charge < -0.3 is 4.74 Å². The quantitative estimate of drug-likeness (QED) is 0.403. The molecule has 3 aliphatic rings. The summed E-state index contributed by atoms with van der Waals surface area (Å²) in [4.78, 5) is 23.1. The van der Waals surface area contributed by atoms with Crippen LogP contribution in [0.5, 0.6) is 0 Å². The maximum absolute atomic E-state index is 11.6. The molecule has 0 aromatic rings. The Morgan fingerprint density at radius 3 is 2.81 bits per heavy atom. The van der Waals surface area contributed by atoms with Gasteiger partial charge in [0.1, 0.15) is 0 Å². The number of fused-ring (bicyclic) bond motifs is 5. The van der Waals surface area contributed by atoms with Crippen molar-refractivity contribution >= 4 is 11.9 Å². The normalized spacial score (nSPS) is 39.7. The zero-order chi connectivity index (χ0) is 11.4. The zero-order valence-corrected chi connectivity index (χ0v) is 9.23. The lowest BCUT2D eigenvalue weighted by Crippen LogP contribution is -2.24. The van der Waals surface area contributed by atoms with Crippen molar-refractivity contribution in [2.75, 3.05) is 0 Å². The molecule has 4 unspecified atom stereocenters. The Morgan fingerprint density at radius 1 is 1.44 bits per heavy atom. The Morgan fingerprint density at radius 2 is 2.12 bits per heavy atom. The van der Waals surface area contributed by atoms with E-state index in [1.807, 2.05) is 6.92 Å². The predicted molar refractivity (Wildman–Crippen MR) is 57.2 cm³/mol. The summed E-state index contributed by atoms with van der Waals surface area (Å²) in [7, 11) is 0. The Kier molecular flexibility index (Phi) is 1.88. The number of rotatable bonds is 2. The van der Waals surface area contributed by atoms with Gasteiger partial charge in [0.05, 0.1) is 11.8 Å². The minimum atomic E-state index is -0.312. The van der Waals surface area contributed by atoms with Crippen molar-refractivity contribution in [1.29, 1.82) is 0 Å². The SMILES string of the molecule is C=C(C)CC1=CC2CC1C1C(=O)OC(=O)C21. The molecule has 2 aliphatic carbocycles. The van der Waals surface area contributed by atoms with Crippen molar-refractivity contribution < 1.29 is 14.3 Å². The van der Waals surface area contributed by atoms with E-state index in [2.05, 4.69) is 12.7 Å². The van der Waals surface area contributed by atoms with Gasteiger partial charge in [-0.25, -0.2) is 0 Å². The van der Waals surface area contributed by atoms with E-state index in [9.17, 15) is 9.59 Å². The summed E-state index contributed by atoms with van der Waals surface area (Å²) in [5, 5.41) is 0. The Bertz CT molecular complexity index is 432. The van der Waals surface area contributed by atoms with Crippen LogP contribution in [0.25, 0.3) is 0 Å². The molecule has 3 nitrogen and oxygen atoms in total. The van der Waals surface area contributed by atoms with Gasteiger partial charge in [0.15, 0.2) is 0 Å². The second kappa shape index (κ2) is 3.06. The summed E-state index contributed by atoms with van der Waals surface area (Å²) in [5.41, 5.74) is 2.39. The van der Waals surface area contributed by atoms with Crippen molar-refractivity contribution in [3.8, 4) is 0 Å². The number of carbonyl (C=O) groups is 2. The number of cyclic esters (lactones) is 2. The Balaban J connectivity index is 1.92. The molecular formula is C13H14O3. The van der Waals surface area contributed by atoms with Crippen LogP contribution in [0.4, 0.5) is 0 Å². The molecule has 1 saturated heterocycles. The summed E-state index contributed by atoms with van der Waals surface area (Å²) in [5.74, 6) is -0.555. The third-order valence-electron chi connectivity index (χ3n) is 3.96. The summed E-state index contributed by atoms with van der Waals surface area (Å²) < 4.78 is 4.73. The maximum atomic E-state index is 11.6. The molecule has 3 rings (SSSR count).